The Hall–Kier alpha value is -1.01. The molecule has 0 aromatic carbocycles. The van der Waals surface area contributed by atoms with Crippen LogP contribution >= 0.6 is 0 Å². The second-order valence-electron chi connectivity index (χ2n) is 5.77. The monoisotopic (exact) mass is 252 g/mol. The first kappa shape index (κ1) is 15.0. The fraction of sp³-hybridized carbons (Fsp3) is 0.800. The molecule has 1 fully saturated rings. The van der Waals surface area contributed by atoms with Gasteiger partial charge < -0.3 is 9.84 Å². The summed E-state index contributed by atoms with van der Waals surface area (Å²) in [4.78, 5) is 12.0. The zero-order chi connectivity index (χ0) is 13.8. The van der Waals surface area contributed by atoms with Crippen LogP contribution in [0.15, 0.2) is 0 Å². The van der Waals surface area contributed by atoms with Gasteiger partial charge in [-0.25, -0.2) is 0 Å². The molecule has 0 aromatic rings. The number of esters is 1. The Morgan fingerprint density at radius 3 is 2.72 bits per heavy atom. The van der Waals surface area contributed by atoms with E-state index in [0.717, 1.165) is 32.1 Å². The summed E-state index contributed by atoms with van der Waals surface area (Å²) in [6.07, 6.45) is 9.91. The second-order valence-corrected chi connectivity index (χ2v) is 5.77. The lowest BCUT2D eigenvalue weighted by molar-refractivity contribution is -0.171. The summed E-state index contributed by atoms with van der Waals surface area (Å²) in [6, 6.07) is 0. The lowest BCUT2D eigenvalue weighted by Crippen LogP contribution is -2.52. The molecule has 3 nitrogen and oxygen atoms in total. The third kappa shape index (κ3) is 2.87. The highest BCUT2D eigenvalue weighted by atomic mass is 16.5. The molecule has 1 rings (SSSR count). The number of aliphatic hydroxyl groups is 1. The minimum absolute atomic E-state index is 0.0838. The van der Waals surface area contributed by atoms with Crippen LogP contribution in [0.4, 0.5) is 0 Å². The van der Waals surface area contributed by atoms with Gasteiger partial charge in [-0.2, -0.15) is 0 Å². The number of carbonyl (C=O) groups excluding carboxylic acids is 1. The van der Waals surface area contributed by atoms with Crippen LogP contribution in [0.1, 0.15) is 52.4 Å². The van der Waals surface area contributed by atoms with E-state index in [0.29, 0.717) is 6.42 Å². The van der Waals surface area contributed by atoms with Crippen LogP contribution in [0.5, 0.6) is 0 Å². The van der Waals surface area contributed by atoms with Gasteiger partial charge >= 0.3 is 5.97 Å². The average molecular weight is 252 g/mol. The SMILES string of the molecule is C#CCCC[C@H]1C(C)(O)CCC[C@@]1(C)C(=O)OC. The number of hydrogen-bond donors (Lipinski definition) is 1. The molecule has 102 valence electrons. The van der Waals surface area contributed by atoms with Crippen molar-refractivity contribution in [2.45, 2.75) is 58.0 Å². The summed E-state index contributed by atoms with van der Waals surface area (Å²) in [7, 11) is 1.41. The van der Waals surface area contributed by atoms with Crippen LogP contribution in [0.2, 0.25) is 0 Å². The molecular weight excluding hydrogens is 228 g/mol. The summed E-state index contributed by atoms with van der Waals surface area (Å²) < 4.78 is 4.93. The number of unbranched alkanes of at least 4 members (excludes halogenated alkanes) is 1. The van der Waals surface area contributed by atoms with Crippen molar-refractivity contribution in [1.29, 1.82) is 0 Å². The molecule has 0 amide bonds. The predicted molar refractivity (Wildman–Crippen MR) is 70.8 cm³/mol. The molecule has 0 saturated heterocycles. The molecule has 0 bridgehead atoms. The highest BCUT2D eigenvalue weighted by Crippen LogP contribution is 2.49. The normalized spacial score (nSPS) is 35.8. The lowest BCUT2D eigenvalue weighted by Gasteiger charge is -2.48. The standard InChI is InChI=1S/C15H24O3/c1-5-6-7-9-12-14(2,13(16)18-4)10-8-11-15(12,3)17/h1,12,17H,6-11H2,2-4H3/t12-,14-,15?/m1/s1. The molecule has 0 aliphatic heterocycles. The zero-order valence-electron chi connectivity index (χ0n) is 11.7. The van der Waals surface area contributed by atoms with Crippen LogP contribution in [-0.2, 0) is 9.53 Å². The number of ether oxygens (including phenoxy) is 1. The molecule has 0 radical (unpaired) electrons. The van der Waals surface area contributed by atoms with E-state index in [1.807, 2.05) is 13.8 Å². The van der Waals surface area contributed by atoms with Crippen LogP contribution < -0.4 is 0 Å². The molecule has 1 N–H and O–H groups in total. The third-order valence-electron chi connectivity index (χ3n) is 4.36. The number of carbonyl (C=O) groups is 1. The Balaban J connectivity index is 2.91. The van der Waals surface area contributed by atoms with E-state index in [-0.39, 0.29) is 11.9 Å². The van der Waals surface area contributed by atoms with Crippen molar-refractivity contribution < 1.29 is 14.6 Å². The minimum atomic E-state index is -0.810. The summed E-state index contributed by atoms with van der Waals surface area (Å²) in [5, 5.41) is 10.6. The van der Waals surface area contributed by atoms with Gasteiger partial charge in [-0.15, -0.1) is 12.3 Å². The maximum Gasteiger partial charge on any atom is 0.311 e. The van der Waals surface area contributed by atoms with Gasteiger partial charge in [0, 0.05) is 12.3 Å². The van der Waals surface area contributed by atoms with E-state index in [4.69, 9.17) is 11.2 Å². The molecular formula is C15H24O3. The topological polar surface area (TPSA) is 46.5 Å². The lowest BCUT2D eigenvalue weighted by atomic mass is 9.59. The minimum Gasteiger partial charge on any atom is -0.469 e. The van der Waals surface area contributed by atoms with E-state index in [2.05, 4.69) is 5.92 Å². The fourth-order valence-corrected chi connectivity index (χ4v) is 3.36. The summed E-state index contributed by atoms with van der Waals surface area (Å²) in [6.45, 7) is 3.74. The highest BCUT2D eigenvalue weighted by molar-refractivity contribution is 5.77. The number of methoxy groups -OCH3 is 1. The number of rotatable bonds is 4. The average Bonchev–Trinajstić information content (AvgIpc) is 2.31. The van der Waals surface area contributed by atoms with E-state index in [1.54, 1.807) is 0 Å². The van der Waals surface area contributed by atoms with Gasteiger partial charge in [-0.3, -0.25) is 4.79 Å². The van der Waals surface area contributed by atoms with Gasteiger partial charge in [0.25, 0.3) is 0 Å². The molecule has 1 unspecified atom stereocenters. The van der Waals surface area contributed by atoms with Crippen molar-refractivity contribution >= 4 is 5.97 Å². The van der Waals surface area contributed by atoms with Gasteiger partial charge in [0.2, 0.25) is 0 Å². The number of hydrogen-bond acceptors (Lipinski definition) is 3. The molecule has 1 aliphatic carbocycles. The molecule has 1 aliphatic rings. The first-order valence-corrected chi connectivity index (χ1v) is 6.63. The molecule has 0 spiro atoms. The summed E-state index contributed by atoms with van der Waals surface area (Å²) in [5.41, 5.74) is -1.40. The van der Waals surface area contributed by atoms with Crippen LogP contribution in [0, 0.1) is 23.7 Å². The maximum atomic E-state index is 12.0. The Kier molecular flexibility index (Phi) is 4.81. The summed E-state index contributed by atoms with van der Waals surface area (Å²) >= 11 is 0. The Labute approximate surface area is 110 Å². The Morgan fingerprint density at radius 2 is 2.17 bits per heavy atom. The van der Waals surface area contributed by atoms with E-state index >= 15 is 0 Å². The van der Waals surface area contributed by atoms with E-state index in [1.165, 1.54) is 7.11 Å². The van der Waals surface area contributed by atoms with Gasteiger partial charge in [0.15, 0.2) is 0 Å². The van der Waals surface area contributed by atoms with Crippen LogP contribution in [-0.4, -0.2) is 23.8 Å². The first-order valence-electron chi connectivity index (χ1n) is 6.63. The quantitative estimate of drug-likeness (QED) is 0.475. The van der Waals surface area contributed by atoms with Crippen molar-refractivity contribution in [1.82, 2.24) is 0 Å². The Morgan fingerprint density at radius 1 is 1.50 bits per heavy atom. The van der Waals surface area contributed by atoms with Crippen molar-refractivity contribution in [2.75, 3.05) is 7.11 Å². The number of terminal acetylenes is 1. The van der Waals surface area contributed by atoms with Crippen molar-refractivity contribution in [3.63, 3.8) is 0 Å². The maximum absolute atomic E-state index is 12.0. The molecule has 3 heteroatoms. The summed E-state index contributed by atoms with van der Waals surface area (Å²) in [5.74, 6) is 2.31. The highest BCUT2D eigenvalue weighted by Gasteiger charge is 2.52. The Bertz CT molecular complexity index is 340. The van der Waals surface area contributed by atoms with Crippen molar-refractivity contribution in [2.24, 2.45) is 11.3 Å². The third-order valence-corrected chi connectivity index (χ3v) is 4.36. The van der Waals surface area contributed by atoms with Gasteiger partial charge in [0.1, 0.15) is 0 Å². The molecule has 0 aromatic heterocycles. The van der Waals surface area contributed by atoms with Crippen molar-refractivity contribution in [3.8, 4) is 12.3 Å². The molecule has 18 heavy (non-hydrogen) atoms. The predicted octanol–water partition coefficient (Wildman–Crippen LogP) is 2.52. The first-order chi connectivity index (χ1) is 8.38. The van der Waals surface area contributed by atoms with Crippen molar-refractivity contribution in [3.05, 3.63) is 0 Å². The second kappa shape index (κ2) is 5.75. The zero-order valence-corrected chi connectivity index (χ0v) is 11.7. The fourth-order valence-electron chi connectivity index (χ4n) is 3.36. The van der Waals surface area contributed by atoms with Crippen LogP contribution in [0.25, 0.3) is 0 Å². The smallest absolute Gasteiger partial charge is 0.311 e. The van der Waals surface area contributed by atoms with Gasteiger partial charge in [-0.05, 0) is 46.0 Å². The van der Waals surface area contributed by atoms with E-state index in [9.17, 15) is 9.90 Å². The van der Waals surface area contributed by atoms with Crippen LogP contribution in [0.3, 0.4) is 0 Å². The molecule has 1 saturated carbocycles. The molecule has 3 atom stereocenters. The van der Waals surface area contributed by atoms with Gasteiger partial charge in [0.05, 0.1) is 18.1 Å². The van der Waals surface area contributed by atoms with Gasteiger partial charge in [-0.1, -0.05) is 0 Å². The largest absolute Gasteiger partial charge is 0.469 e. The molecule has 0 heterocycles. The van der Waals surface area contributed by atoms with E-state index < -0.39 is 11.0 Å².